The third-order valence-electron chi connectivity index (χ3n) is 5.10. The predicted molar refractivity (Wildman–Crippen MR) is 101 cm³/mol. The van der Waals surface area contributed by atoms with Crippen LogP contribution in [0.25, 0.3) is 0 Å². The molecule has 0 radical (unpaired) electrons. The number of esters is 2. The van der Waals surface area contributed by atoms with E-state index in [1.165, 1.54) is 13.2 Å². The predicted octanol–water partition coefficient (Wildman–Crippen LogP) is 2.88. The standard InChI is InChI=1S/C21H28FNO5/c1-14(2)12-17(19(25)27-3)23-18(24)13-28-20(26)21(10-6-7-11-21)15-8-4-5-9-16(15)22/h4-5,8-9,14,17H,6-7,10-13H2,1-3H3,(H,23,24)/t17-/m0/s1. The number of halogens is 1. The Labute approximate surface area is 164 Å². The number of ether oxygens (including phenoxy) is 2. The van der Waals surface area contributed by atoms with Crippen molar-refractivity contribution in [3.05, 3.63) is 35.6 Å². The largest absolute Gasteiger partial charge is 0.467 e. The zero-order chi connectivity index (χ0) is 20.7. The summed E-state index contributed by atoms with van der Waals surface area (Å²) in [5, 5.41) is 2.54. The Hall–Kier alpha value is -2.44. The third kappa shape index (κ3) is 5.09. The molecule has 28 heavy (non-hydrogen) atoms. The van der Waals surface area contributed by atoms with Crippen molar-refractivity contribution < 1.29 is 28.2 Å². The van der Waals surface area contributed by atoms with Crippen LogP contribution < -0.4 is 5.32 Å². The van der Waals surface area contributed by atoms with E-state index in [4.69, 9.17) is 9.47 Å². The highest BCUT2D eigenvalue weighted by atomic mass is 19.1. The van der Waals surface area contributed by atoms with Crippen LogP contribution in [0.3, 0.4) is 0 Å². The zero-order valence-corrected chi connectivity index (χ0v) is 16.6. The van der Waals surface area contributed by atoms with Gasteiger partial charge >= 0.3 is 11.9 Å². The first-order chi connectivity index (χ1) is 13.3. The SMILES string of the molecule is COC(=O)[C@H](CC(C)C)NC(=O)COC(=O)C1(c2ccccc2F)CCCC1. The van der Waals surface area contributed by atoms with Gasteiger partial charge in [0.1, 0.15) is 11.9 Å². The van der Waals surface area contributed by atoms with Crippen molar-refractivity contribution in [2.24, 2.45) is 5.92 Å². The highest BCUT2D eigenvalue weighted by Gasteiger charge is 2.46. The topological polar surface area (TPSA) is 81.7 Å². The van der Waals surface area contributed by atoms with Gasteiger partial charge < -0.3 is 14.8 Å². The Morgan fingerprint density at radius 1 is 1.18 bits per heavy atom. The molecular formula is C21H28FNO5. The van der Waals surface area contributed by atoms with E-state index >= 15 is 0 Å². The summed E-state index contributed by atoms with van der Waals surface area (Å²) in [6.07, 6.45) is 2.94. The Kier molecular flexibility index (Phi) is 7.54. The van der Waals surface area contributed by atoms with Gasteiger partial charge in [0.05, 0.1) is 12.5 Å². The van der Waals surface area contributed by atoms with E-state index in [-0.39, 0.29) is 5.92 Å². The van der Waals surface area contributed by atoms with E-state index in [0.29, 0.717) is 24.8 Å². The first-order valence-electron chi connectivity index (χ1n) is 9.59. The molecule has 1 aromatic carbocycles. The van der Waals surface area contributed by atoms with Gasteiger partial charge in [0.15, 0.2) is 6.61 Å². The first kappa shape index (κ1) is 21.9. The first-order valence-corrected chi connectivity index (χ1v) is 9.59. The molecule has 7 heteroatoms. The van der Waals surface area contributed by atoms with Gasteiger partial charge in [-0.15, -0.1) is 0 Å². The molecule has 1 aromatic rings. The summed E-state index contributed by atoms with van der Waals surface area (Å²) in [5.41, 5.74) is -0.754. The number of nitrogens with one attached hydrogen (secondary N) is 1. The zero-order valence-electron chi connectivity index (χ0n) is 16.6. The second-order valence-electron chi connectivity index (χ2n) is 7.62. The maximum Gasteiger partial charge on any atom is 0.328 e. The summed E-state index contributed by atoms with van der Waals surface area (Å²) >= 11 is 0. The van der Waals surface area contributed by atoms with Crippen molar-refractivity contribution in [1.29, 1.82) is 0 Å². The minimum absolute atomic E-state index is 0.162. The molecule has 0 unspecified atom stereocenters. The fourth-order valence-corrected chi connectivity index (χ4v) is 3.74. The lowest BCUT2D eigenvalue weighted by Crippen LogP contribution is -2.45. The van der Waals surface area contributed by atoms with Crippen LogP contribution in [0.1, 0.15) is 51.5 Å². The van der Waals surface area contributed by atoms with Crippen LogP contribution in [0.5, 0.6) is 0 Å². The smallest absolute Gasteiger partial charge is 0.328 e. The number of hydrogen-bond acceptors (Lipinski definition) is 5. The number of amides is 1. The molecule has 1 saturated carbocycles. The average Bonchev–Trinajstić information content (AvgIpc) is 3.15. The maximum atomic E-state index is 14.3. The van der Waals surface area contributed by atoms with Crippen LogP contribution in [0.2, 0.25) is 0 Å². The molecule has 1 atom stereocenters. The van der Waals surface area contributed by atoms with Gasteiger partial charge in [-0.25, -0.2) is 9.18 Å². The highest BCUT2D eigenvalue weighted by molar-refractivity contribution is 5.88. The van der Waals surface area contributed by atoms with Crippen molar-refractivity contribution in [3.8, 4) is 0 Å². The molecule has 0 aromatic heterocycles. The molecule has 1 aliphatic rings. The normalized spacial score (nSPS) is 16.5. The van der Waals surface area contributed by atoms with Crippen molar-refractivity contribution in [2.75, 3.05) is 13.7 Å². The van der Waals surface area contributed by atoms with Gasteiger partial charge in [0, 0.05) is 5.56 Å². The Balaban J connectivity index is 2.04. The maximum absolute atomic E-state index is 14.3. The lowest BCUT2D eigenvalue weighted by atomic mass is 9.78. The molecule has 1 N–H and O–H groups in total. The number of rotatable bonds is 8. The molecule has 1 fully saturated rings. The molecule has 0 bridgehead atoms. The van der Waals surface area contributed by atoms with Gasteiger partial charge in [-0.2, -0.15) is 0 Å². The molecule has 2 rings (SSSR count). The summed E-state index contributed by atoms with van der Waals surface area (Å²) in [7, 11) is 1.25. The minimum atomic E-state index is -1.06. The number of carbonyl (C=O) groups excluding carboxylic acids is 3. The average molecular weight is 393 g/mol. The van der Waals surface area contributed by atoms with Crippen LogP contribution in [-0.4, -0.2) is 37.6 Å². The Bertz CT molecular complexity index is 713. The number of benzene rings is 1. The van der Waals surface area contributed by atoms with E-state index in [2.05, 4.69) is 5.32 Å². The lowest BCUT2D eigenvalue weighted by molar-refractivity contribution is -0.155. The van der Waals surface area contributed by atoms with E-state index in [1.807, 2.05) is 13.8 Å². The summed E-state index contributed by atoms with van der Waals surface area (Å²) in [5.74, 6) is -2.04. The summed E-state index contributed by atoms with van der Waals surface area (Å²) in [6, 6.07) is 5.37. The molecule has 0 spiro atoms. The summed E-state index contributed by atoms with van der Waals surface area (Å²) in [4.78, 5) is 36.8. The summed E-state index contributed by atoms with van der Waals surface area (Å²) in [6.45, 7) is 3.31. The van der Waals surface area contributed by atoms with E-state index < -0.39 is 41.7 Å². The number of methoxy groups -OCH3 is 1. The van der Waals surface area contributed by atoms with Crippen molar-refractivity contribution in [2.45, 2.75) is 57.4 Å². The van der Waals surface area contributed by atoms with Gasteiger partial charge in [0.2, 0.25) is 0 Å². The second kappa shape index (κ2) is 9.66. The van der Waals surface area contributed by atoms with Crippen molar-refractivity contribution in [3.63, 3.8) is 0 Å². The van der Waals surface area contributed by atoms with E-state index in [9.17, 15) is 18.8 Å². The fourth-order valence-electron chi connectivity index (χ4n) is 3.74. The molecule has 0 heterocycles. The quantitative estimate of drug-likeness (QED) is 0.687. The van der Waals surface area contributed by atoms with Crippen LogP contribution in [0.4, 0.5) is 4.39 Å². The van der Waals surface area contributed by atoms with Crippen LogP contribution >= 0.6 is 0 Å². The summed E-state index contributed by atoms with van der Waals surface area (Å²) < 4.78 is 24.3. The van der Waals surface area contributed by atoms with E-state index in [0.717, 1.165) is 12.8 Å². The van der Waals surface area contributed by atoms with Crippen molar-refractivity contribution >= 4 is 17.8 Å². The monoisotopic (exact) mass is 393 g/mol. The number of carbonyl (C=O) groups is 3. The molecule has 1 amide bonds. The second-order valence-corrected chi connectivity index (χ2v) is 7.62. The third-order valence-corrected chi connectivity index (χ3v) is 5.10. The molecule has 0 aliphatic heterocycles. The Morgan fingerprint density at radius 3 is 2.39 bits per heavy atom. The Morgan fingerprint density at radius 2 is 1.82 bits per heavy atom. The van der Waals surface area contributed by atoms with Crippen LogP contribution in [0, 0.1) is 11.7 Å². The number of hydrogen-bond donors (Lipinski definition) is 1. The van der Waals surface area contributed by atoms with Gasteiger partial charge in [-0.1, -0.05) is 44.9 Å². The van der Waals surface area contributed by atoms with Gasteiger partial charge in [-0.05, 0) is 31.2 Å². The highest BCUT2D eigenvalue weighted by Crippen LogP contribution is 2.43. The molecule has 6 nitrogen and oxygen atoms in total. The van der Waals surface area contributed by atoms with Crippen LogP contribution in [-0.2, 0) is 29.3 Å². The fraction of sp³-hybridized carbons (Fsp3) is 0.571. The molecule has 0 saturated heterocycles. The van der Waals surface area contributed by atoms with Crippen molar-refractivity contribution in [1.82, 2.24) is 5.32 Å². The van der Waals surface area contributed by atoms with Crippen LogP contribution in [0.15, 0.2) is 24.3 Å². The van der Waals surface area contributed by atoms with Gasteiger partial charge in [-0.3, -0.25) is 9.59 Å². The molecule has 154 valence electrons. The minimum Gasteiger partial charge on any atom is -0.467 e. The lowest BCUT2D eigenvalue weighted by Gasteiger charge is -2.27. The molecular weight excluding hydrogens is 365 g/mol. The van der Waals surface area contributed by atoms with Gasteiger partial charge in [0.25, 0.3) is 5.91 Å². The molecule has 1 aliphatic carbocycles. The van der Waals surface area contributed by atoms with E-state index in [1.54, 1.807) is 18.2 Å².